The van der Waals surface area contributed by atoms with Crippen molar-refractivity contribution < 1.29 is 0 Å². The normalized spacial score (nSPS) is 11.2. The molecule has 0 fully saturated rings. The van der Waals surface area contributed by atoms with E-state index in [1.807, 2.05) is 30.3 Å². The van der Waals surface area contributed by atoms with Gasteiger partial charge in [0, 0.05) is 30.1 Å². The molecule has 7 aromatic rings. The smallest absolute Gasteiger partial charge is 0.0503 e. The van der Waals surface area contributed by atoms with Crippen LogP contribution >= 0.6 is 23.2 Å². The van der Waals surface area contributed by atoms with Gasteiger partial charge in [0.2, 0.25) is 0 Å². The Bertz CT molecular complexity index is 2080. The first kappa shape index (κ1) is 34.2. The van der Waals surface area contributed by atoms with E-state index in [4.69, 9.17) is 34.7 Å². The minimum absolute atomic E-state index is 0.291. The SMILES string of the molecule is Nc1c(Cc2ccccc2)cc(C(c2ccccc2)c2cc(Cc3ccccc3)c(N)c(Cc3ccccc3)c2Cl)c(Cl)c1Cc1ccccc1. The Labute approximate surface area is 311 Å². The fourth-order valence-electron chi connectivity index (χ4n) is 7.09. The van der Waals surface area contributed by atoms with E-state index in [0.29, 0.717) is 35.7 Å². The summed E-state index contributed by atoms with van der Waals surface area (Å²) in [5, 5.41) is 1.31. The summed E-state index contributed by atoms with van der Waals surface area (Å²) in [4.78, 5) is 0. The molecule has 4 heteroatoms. The Hall–Kier alpha value is -5.28. The predicted molar refractivity (Wildman–Crippen MR) is 216 cm³/mol. The van der Waals surface area contributed by atoms with Gasteiger partial charge in [-0.3, -0.25) is 0 Å². The number of hydrogen-bond donors (Lipinski definition) is 2. The Morgan fingerprint density at radius 2 is 0.686 bits per heavy atom. The molecule has 4 N–H and O–H groups in total. The first-order chi connectivity index (χ1) is 25.0. The van der Waals surface area contributed by atoms with Gasteiger partial charge in [-0.05, 0) is 74.0 Å². The molecule has 0 heterocycles. The minimum atomic E-state index is -0.291. The number of anilines is 2. The molecule has 0 amide bonds. The van der Waals surface area contributed by atoms with Crippen molar-refractivity contribution in [3.63, 3.8) is 0 Å². The Kier molecular flexibility index (Phi) is 10.5. The molecule has 0 bridgehead atoms. The van der Waals surface area contributed by atoms with Crippen molar-refractivity contribution in [1.29, 1.82) is 0 Å². The van der Waals surface area contributed by atoms with Crippen molar-refractivity contribution in [2.45, 2.75) is 31.6 Å². The van der Waals surface area contributed by atoms with Gasteiger partial charge in [0.15, 0.2) is 0 Å². The minimum Gasteiger partial charge on any atom is -0.398 e. The Balaban J connectivity index is 1.48. The molecule has 0 spiro atoms. The quantitative estimate of drug-likeness (QED) is 0.104. The number of nitrogens with two attached hydrogens (primary N) is 2. The van der Waals surface area contributed by atoms with Gasteiger partial charge < -0.3 is 11.5 Å². The first-order valence-corrected chi connectivity index (χ1v) is 18.1. The van der Waals surface area contributed by atoms with Gasteiger partial charge >= 0.3 is 0 Å². The van der Waals surface area contributed by atoms with Crippen LogP contribution in [0.4, 0.5) is 11.4 Å². The summed E-state index contributed by atoms with van der Waals surface area (Å²) in [6.45, 7) is 0. The summed E-state index contributed by atoms with van der Waals surface area (Å²) in [7, 11) is 0. The zero-order chi connectivity index (χ0) is 35.2. The topological polar surface area (TPSA) is 52.0 Å². The van der Waals surface area contributed by atoms with Crippen LogP contribution in [0.2, 0.25) is 10.0 Å². The molecule has 0 saturated heterocycles. The van der Waals surface area contributed by atoms with Crippen LogP contribution in [0.1, 0.15) is 67.1 Å². The van der Waals surface area contributed by atoms with Crippen LogP contribution < -0.4 is 11.5 Å². The van der Waals surface area contributed by atoms with Crippen LogP contribution in [-0.4, -0.2) is 0 Å². The summed E-state index contributed by atoms with van der Waals surface area (Å²) >= 11 is 15.2. The summed E-state index contributed by atoms with van der Waals surface area (Å²) in [6.07, 6.45) is 2.56. The zero-order valence-electron chi connectivity index (χ0n) is 28.4. The fourth-order valence-corrected chi connectivity index (χ4v) is 7.76. The maximum atomic E-state index is 7.61. The Morgan fingerprint density at radius 3 is 1.02 bits per heavy atom. The van der Waals surface area contributed by atoms with Crippen LogP contribution in [-0.2, 0) is 25.7 Å². The molecule has 0 aliphatic heterocycles. The predicted octanol–water partition coefficient (Wildman–Crippen LogP) is 11.7. The van der Waals surface area contributed by atoms with E-state index >= 15 is 0 Å². The maximum absolute atomic E-state index is 7.61. The van der Waals surface area contributed by atoms with Crippen molar-refractivity contribution in [2.75, 3.05) is 11.5 Å². The number of hydrogen-bond acceptors (Lipinski definition) is 2. The van der Waals surface area contributed by atoms with Crippen LogP contribution in [0.25, 0.3) is 0 Å². The summed E-state index contributed by atoms with van der Waals surface area (Å²) < 4.78 is 0. The van der Waals surface area contributed by atoms with Crippen LogP contribution in [0.15, 0.2) is 164 Å². The molecule has 7 aromatic carbocycles. The third kappa shape index (κ3) is 7.73. The van der Waals surface area contributed by atoms with Crippen molar-refractivity contribution in [1.82, 2.24) is 0 Å². The Morgan fingerprint density at radius 1 is 0.392 bits per heavy atom. The highest BCUT2D eigenvalue weighted by molar-refractivity contribution is 6.34. The second kappa shape index (κ2) is 15.7. The van der Waals surface area contributed by atoms with Crippen molar-refractivity contribution in [2.24, 2.45) is 0 Å². The van der Waals surface area contributed by atoms with Crippen molar-refractivity contribution in [3.8, 4) is 0 Å². The highest BCUT2D eigenvalue weighted by Gasteiger charge is 2.28. The van der Waals surface area contributed by atoms with Crippen LogP contribution in [0.3, 0.4) is 0 Å². The molecule has 0 aliphatic carbocycles. The zero-order valence-corrected chi connectivity index (χ0v) is 29.9. The molecule has 7 rings (SSSR count). The monoisotopic (exact) mass is 702 g/mol. The lowest BCUT2D eigenvalue weighted by Crippen LogP contribution is -2.13. The molecular formula is C47H40Cl2N2. The summed E-state index contributed by atoms with van der Waals surface area (Å²) in [6, 6.07) is 56.6. The van der Waals surface area contributed by atoms with Gasteiger partial charge in [0.25, 0.3) is 0 Å². The molecule has 0 aromatic heterocycles. The average molecular weight is 704 g/mol. The van der Waals surface area contributed by atoms with Gasteiger partial charge in [-0.15, -0.1) is 0 Å². The summed E-state index contributed by atoms with van der Waals surface area (Å²) in [5.41, 5.74) is 27.2. The lowest BCUT2D eigenvalue weighted by molar-refractivity contribution is 0.952. The van der Waals surface area contributed by atoms with E-state index in [1.165, 1.54) is 11.1 Å². The lowest BCUT2D eigenvalue weighted by atomic mass is 9.80. The molecule has 51 heavy (non-hydrogen) atoms. The van der Waals surface area contributed by atoms with Crippen LogP contribution in [0.5, 0.6) is 0 Å². The van der Waals surface area contributed by atoms with E-state index in [-0.39, 0.29) is 5.92 Å². The van der Waals surface area contributed by atoms with Gasteiger partial charge in [-0.2, -0.15) is 0 Å². The standard InChI is InChI=1S/C47H40Cl2N2/c48-44-39(30-37(26-32-16-6-1-7-17-32)46(50)41(44)28-34-20-10-3-11-21-34)43(36-24-14-5-15-25-36)40-31-38(27-33-18-8-2-9-19-33)47(51)42(45(40)49)29-35-22-12-4-13-23-35/h1-25,30-31,43H,26-29,50-51H2. The van der Waals surface area contributed by atoms with Crippen LogP contribution in [0, 0.1) is 0 Å². The van der Waals surface area contributed by atoms with E-state index in [9.17, 15) is 0 Å². The maximum Gasteiger partial charge on any atom is 0.0503 e. The summed E-state index contributed by atoms with van der Waals surface area (Å²) in [5.74, 6) is -0.291. The van der Waals surface area contributed by atoms with Gasteiger partial charge in [0.1, 0.15) is 0 Å². The van der Waals surface area contributed by atoms with E-state index in [2.05, 4.69) is 133 Å². The molecule has 0 radical (unpaired) electrons. The van der Waals surface area contributed by atoms with Crippen molar-refractivity contribution in [3.05, 3.63) is 235 Å². The molecule has 0 atom stereocenters. The molecule has 0 saturated carbocycles. The molecule has 0 unspecified atom stereocenters. The second-order valence-electron chi connectivity index (χ2n) is 13.2. The number of rotatable bonds is 11. The lowest BCUT2D eigenvalue weighted by Gasteiger charge is -2.27. The number of benzene rings is 7. The highest BCUT2D eigenvalue weighted by atomic mass is 35.5. The third-order valence-corrected chi connectivity index (χ3v) is 10.6. The molecule has 252 valence electrons. The first-order valence-electron chi connectivity index (χ1n) is 17.4. The van der Waals surface area contributed by atoms with E-state index in [0.717, 1.165) is 61.4 Å². The highest BCUT2D eigenvalue weighted by Crippen LogP contribution is 2.46. The van der Waals surface area contributed by atoms with Gasteiger partial charge in [0.05, 0.1) is 10.0 Å². The van der Waals surface area contributed by atoms with E-state index in [1.54, 1.807) is 0 Å². The van der Waals surface area contributed by atoms with Crippen molar-refractivity contribution >= 4 is 34.6 Å². The average Bonchev–Trinajstić information content (AvgIpc) is 3.17. The molecule has 0 aliphatic rings. The number of nitrogen functional groups attached to an aromatic ring is 2. The van der Waals surface area contributed by atoms with Gasteiger partial charge in [-0.1, -0.05) is 187 Å². The molecular weight excluding hydrogens is 663 g/mol. The largest absolute Gasteiger partial charge is 0.398 e. The third-order valence-electron chi connectivity index (χ3n) is 9.72. The van der Waals surface area contributed by atoms with E-state index < -0.39 is 0 Å². The molecule has 2 nitrogen and oxygen atoms in total. The second-order valence-corrected chi connectivity index (χ2v) is 13.9. The van der Waals surface area contributed by atoms with Gasteiger partial charge in [-0.25, -0.2) is 0 Å². The number of halogens is 2. The fraction of sp³-hybridized carbons (Fsp3) is 0.106.